The third-order valence-corrected chi connectivity index (χ3v) is 4.10. The van der Waals surface area contributed by atoms with E-state index in [1.165, 1.54) is 0 Å². The van der Waals surface area contributed by atoms with Crippen molar-refractivity contribution in [2.24, 2.45) is 5.41 Å². The number of nitrogens with zero attached hydrogens (tertiary/aromatic N) is 1. The highest BCUT2D eigenvalue weighted by molar-refractivity contribution is 5.78. The molecule has 1 rings (SSSR count). The molecule has 7 heteroatoms. The summed E-state index contributed by atoms with van der Waals surface area (Å²) >= 11 is 0. The summed E-state index contributed by atoms with van der Waals surface area (Å²) in [7, 11) is 0. The predicted octanol–water partition coefficient (Wildman–Crippen LogP) is 0.509. The molecule has 7 nitrogen and oxygen atoms in total. The Morgan fingerprint density at radius 3 is 2.33 bits per heavy atom. The number of carbonyl (C=O) groups excluding carboxylic acids is 1. The fourth-order valence-corrected chi connectivity index (χ4v) is 2.41. The van der Waals surface area contributed by atoms with Crippen molar-refractivity contribution in [3.8, 4) is 0 Å². The largest absolute Gasteiger partial charge is 0.481 e. The second-order valence-electron chi connectivity index (χ2n) is 5.33. The Balaban J connectivity index is 2.32. The molecule has 0 saturated carbocycles. The van der Waals surface area contributed by atoms with Crippen LogP contribution in [0.25, 0.3) is 0 Å². The van der Waals surface area contributed by atoms with Crippen LogP contribution in [-0.4, -0.2) is 67.9 Å². The minimum absolute atomic E-state index is 0.142. The van der Waals surface area contributed by atoms with E-state index in [0.29, 0.717) is 32.6 Å². The predicted molar refractivity (Wildman–Crippen MR) is 79.3 cm³/mol. The van der Waals surface area contributed by atoms with Gasteiger partial charge in [0, 0.05) is 32.8 Å². The fourth-order valence-electron chi connectivity index (χ4n) is 2.41. The van der Waals surface area contributed by atoms with E-state index in [1.54, 1.807) is 0 Å². The maximum atomic E-state index is 11.7. The van der Waals surface area contributed by atoms with E-state index in [4.69, 9.17) is 4.74 Å². The van der Waals surface area contributed by atoms with Crippen molar-refractivity contribution in [3.63, 3.8) is 0 Å². The van der Waals surface area contributed by atoms with Crippen LogP contribution in [0.3, 0.4) is 0 Å². The van der Waals surface area contributed by atoms with Gasteiger partial charge in [-0.1, -0.05) is 13.8 Å². The maximum absolute atomic E-state index is 11.7. The average Bonchev–Trinajstić information content (AvgIpc) is 2.50. The zero-order valence-electron chi connectivity index (χ0n) is 13.0. The number of carbonyl (C=O) groups is 2. The van der Waals surface area contributed by atoms with Crippen molar-refractivity contribution >= 4 is 12.0 Å². The summed E-state index contributed by atoms with van der Waals surface area (Å²) in [6.45, 7) is 8.38. The van der Waals surface area contributed by atoms with Gasteiger partial charge >= 0.3 is 12.0 Å². The molecule has 0 aromatic heterocycles. The highest BCUT2D eigenvalue weighted by Gasteiger charge is 2.40. The van der Waals surface area contributed by atoms with Gasteiger partial charge < -0.3 is 25.4 Å². The normalized spacial score (nSPS) is 17.5. The number of amides is 2. The number of carboxylic acids is 1. The summed E-state index contributed by atoms with van der Waals surface area (Å²) in [5, 5.41) is 14.8. The number of rotatable bonds is 8. The molecular weight excluding hydrogens is 274 g/mol. The van der Waals surface area contributed by atoms with E-state index in [9.17, 15) is 14.7 Å². The van der Waals surface area contributed by atoms with Crippen LogP contribution in [0.4, 0.5) is 4.79 Å². The number of aliphatic carboxylic acids is 1. The third kappa shape index (κ3) is 5.51. The first kappa shape index (κ1) is 17.7. The Labute approximate surface area is 126 Å². The lowest BCUT2D eigenvalue weighted by Gasteiger charge is -2.33. The molecule has 0 atom stereocenters. The van der Waals surface area contributed by atoms with Crippen LogP contribution in [-0.2, 0) is 9.53 Å². The van der Waals surface area contributed by atoms with Crippen molar-refractivity contribution in [1.82, 2.24) is 15.5 Å². The lowest BCUT2D eigenvalue weighted by Crippen LogP contribution is -2.49. The van der Waals surface area contributed by atoms with Gasteiger partial charge in [0.05, 0.1) is 5.41 Å². The van der Waals surface area contributed by atoms with Crippen molar-refractivity contribution in [2.75, 3.05) is 45.9 Å². The zero-order chi connectivity index (χ0) is 15.7. The van der Waals surface area contributed by atoms with Crippen molar-refractivity contribution in [1.29, 1.82) is 0 Å². The first-order valence-corrected chi connectivity index (χ1v) is 7.59. The minimum Gasteiger partial charge on any atom is -0.481 e. The molecule has 1 aliphatic rings. The molecule has 1 aliphatic heterocycles. The van der Waals surface area contributed by atoms with E-state index in [-0.39, 0.29) is 12.6 Å². The molecule has 3 N–H and O–H groups in total. The molecule has 1 fully saturated rings. The summed E-state index contributed by atoms with van der Waals surface area (Å²) in [6, 6.07) is -0.311. The van der Waals surface area contributed by atoms with Gasteiger partial charge in [0.2, 0.25) is 0 Å². The van der Waals surface area contributed by atoms with Crippen LogP contribution in [0, 0.1) is 5.41 Å². The van der Waals surface area contributed by atoms with Crippen LogP contribution in [0.5, 0.6) is 0 Å². The van der Waals surface area contributed by atoms with Gasteiger partial charge in [-0.2, -0.15) is 0 Å². The van der Waals surface area contributed by atoms with Crippen molar-refractivity contribution in [3.05, 3.63) is 0 Å². The Bertz CT molecular complexity index is 339. The lowest BCUT2D eigenvalue weighted by atomic mass is 9.80. The van der Waals surface area contributed by atoms with Gasteiger partial charge in [0.15, 0.2) is 0 Å². The summed E-state index contributed by atoms with van der Waals surface area (Å²) in [6.07, 6.45) is 0.865. The third-order valence-electron chi connectivity index (χ3n) is 4.10. The molecular formula is C14H27N3O4. The van der Waals surface area contributed by atoms with Crippen LogP contribution >= 0.6 is 0 Å². The molecule has 1 saturated heterocycles. The highest BCUT2D eigenvalue weighted by atomic mass is 16.5. The van der Waals surface area contributed by atoms with Crippen molar-refractivity contribution < 1.29 is 19.4 Å². The summed E-state index contributed by atoms with van der Waals surface area (Å²) in [4.78, 5) is 25.4. The van der Waals surface area contributed by atoms with Crippen molar-refractivity contribution in [2.45, 2.75) is 26.7 Å². The van der Waals surface area contributed by atoms with Gasteiger partial charge in [0.1, 0.15) is 0 Å². The maximum Gasteiger partial charge on any atom is 0.314 e. The number of likely N-dealkylation sites (N-methyl/N-ethyl adjacent to an activating group) is 1. The second-order valence-corrected chi connectivity index (χ2v) is 5.33. The minimum atomic E-state index is -0.894. The Hall–Kier alpha value is -1.34. The monoisotopic (exact) mass is 301 g/mol. The van der Waals surface area contributed by atoms with E-state index in [2.05, 4.69) is 29.4 Å². The topological polar surface area (TPSA) is 90.9 Å². The molecule has 21 heavy (non-hydrogen) atoms. The number of carboxylic acid groups (broad SMARTS) is 1. The average molecular weight is 301 g/mol. The molecule has 2 amide bonds. The standard InChI is InChI=1S/C14H27N3O4/c1-3-17(4-2)8-7-15-13(20)16-11-14(12(18)19)5-9-21-10-6-14/h3-11H2,1-2H3,(H,18,19)(H2,15,16,20). The zero-order valence-corrected chi connectivity index (χ0v) is 13.0. The number of hydrogen-bond acceptors (Lipinski definition) is 4. The number of urea groups is 1. The highest BCUT2D eigenvalue weighted by Crippen LogP contribution is 2.29. The lowest BCUT2D eigenvalue weighted by molar-refractivity contribution is -0.154. The quantitative estimate of drug-likeness (QED) is 0.607. The van der Waals surface area contributed by atoms with E-state index in [0.717, 1.165) is 19.6 Å². The molecule has 0 bridgehead atoms. The van der Waals surface area contributed by atoms with Crippen LogP contribution < -0.4 is 10.6 Å². The van der Waals surface area contributed by atoms with Gasteiger partial charge in [-0.15, -0.1) is 0 Å². The molecule has 1 heterocycles. The Morgan fingerprint density at radius 2 is 1.81 bits per heavy atom. The first-order valence-electron chi connectivity index (χ1n) is 7.59. The van der Waals surface area contributed by atoms with Crippen LogP contribution in [0.1, 0.15) is 26.7 Å². The summed E-state index contributed by atoms with van der Waals surface area (Å²) in [5.41, 5.74) is -0.894. The van der Waals surface area contributed by atoms with Crippen LogP contribution in [0.2, 0.25) is 0 Å². The van der Waals surface area contributed by atoms with Gasteiger partial charge in [-0.3, -0.25) is 4.79 Å². The first-order chi connectivity index (χ1) is 10.0. The second kappa shape index (κ2) is 8.84. The molecule has 0 radical (unpaired) electrons. The molecule has 0 unspecified atom stereocenters. The molecule has 122 valence electrons. The number of hydrogen-bond donors (Lipinski definition) is 3. The van der Waals surface area contributed by atoms with Gasteiger partial charge in [0.25, 0.3) is 0 Å². The fraction of sp³-hybridized carbons (Fsp3) is 0.857. The Kier molecular flexibility index (Phi) is 7.45. The Morgan fingerprint density at radius 1 is 1.19 bits per heavy atom. The smallest absolute Gasteiger partial charge is 0.314 e. The molecule has 0 spiro atoms. The summed E-state index contributed by atoms with van der Waals surface area (Å²) < 4.78 is 5.20. The molecule has 0 aliphatic carbocycles. The van der Waals surface area contributed by atoms with E-state index < -0.39 is 11.4 Å². The SMILES string of the molecule is CCN(CC)CCNC(=O)NCC1(C(=O)O)CCOCC1. The number of nitrogens with one attached hydrogen (secondary N) is 2. The molecule has 0 aromatic rings. The van der Waals surface area contributed by atoms with E-state index >= 15 is 0 Å². The molecule has 0 aromatic carbocycles. The van der Waals surface area contributed by atoms with E-state index in [1.807, 2.05) is 0 Å². The summed E-state index contributed by atoms with van der Waals surface area (Å²) in [5.74, 6) is -0.866. The number of ether oxygens (including phenoxy) is 1. The van der Waals surface area contributed by atoms with Gasteiger partial charge in [-0.25, -0.2) is 4.79 Å². The van der Waals surface area contributed by atoms with Crippen LogP contribution in [0.15, 0.2) is 0 Å². The van der Waals surface area contributed by atoms with Gasteiger partial charge in [-0.05, 0) is 25.9 Å².